The van der Waals surface area contributed by atoms with E-state index in [9.17, 15) is 28.8 Å². The normalized spacial score (nSPS) is 12.6. The molecule has 0 aromatic heterocycles. The zero-order valence-electron chi connectivity index (χ0n) is 41.9. The highest BCUT2D eigenvalue weighted by Crippen LogP contribution is 2.33. The number of alkyl carbamates (subject to hydrolysis) is 4. The van der Waals surface area contributed by atoms with E-state index in [-0.39, 0.29) is 43.0 Å². The number of benzene rings is 2. The van der Waals surface area contributed by atoms with Crippen LogP contribution < -0.4 is 30.7 Å². The minimum atomic E-state index is -0.584. The highest BCUT2D eigenvalue weighted by molar-refractivity contribution is 5.87. The quantitative estimate of drug-likeness (QED) is 0.0233. The Kier molecular flexibility index (Phi) is 27.5. The van der Waals surface area contributed by atoms with Gasteiger partial charge in [-0.15, -0.1) is 0 Å². The third-order valence-electron chi connectivity index (χ3n) is 10.2. The molecule has 2 rings (SSSR count). The van der Waals surface area contributed by atoms with Crippen molar-refractivity contribution in [1.82, 2.24) is 21.3 Å². The van der Waals surface area contributed by atoms with Crippen LogP contribution in [0.3, 0.4) is 0 Å². The summed E-state index contributed by atoms with van der Waals surface area (Å²) in [5, 5.41) is 10.9. The molecule has 0 saturated heterocycles. The summed E-state index contributed by atoms with van der Waals surface area (Å²) in [7, 11) is 0. The monoisotopic (exact) mass is 969 g/mol. The molecule has 2 aromatic rings. The van der Waals surface area contributed by atoms with E-state index < -0.39 is 60.7 Å². The summed E-state index contributed by atoms with van der Waals surface area (Å²) < 4.78 is 42.9. The average molecular weight is 969 g/mol. The van der Waals surface area contributed by atoms with Crippen LogP contribution in [0.4, 0.5) is 19.2 Å². The molecule has 0 aliphatic heterocycles. The van der Waals surface area contributed by atoms with Crippen molar-refractivity contribution in [3.05, 3.63) is 84.0 Å². The number of rotatable bonds is 32. The van der Waals surface area contributed by atoms with Crippen molar-refractivity contribution in [2.45, 2.75) is 137 Å². The molecule has 4 amide bonds. The van der Waals surface area contributed by atoms with E-state index in [4.69, 9.17) is 37.9 Å². The first-order chi connectivity index (χ1) is 32.8. The second-order valence-corrected chi connectivity index (χ2v) is 17.5. The smallest absolute Gasteiger partial charge is 0.407 e. The third kappa shape index (κ3) is 26.0. The van der Waals surface area contributed by atoms with Crippen LogP contribution in [-0.2, 0) is 43.4 Å². The Bertz CT molecular complexity index is 1790. The lowest BCUT2D eigenvalue weighted by atomic mass is 9.78. The van der Waals surface area contributed by atoms with Crippen LogP contribution in [0.1, 0.15) is 118 Å². The fourth-order valence-electron chi connectivity index (χ4n) is 6.16. The lowest BCUT2D eigenvalue weighted by Gasteiger charge is -2.26. The van der Waals surface area contributed by atoms with Gasteiger partial charge in [0.05, 0.1) is 0 Å². The van der Waals surface area contributed by atoms with Gasteiger partial charge in [0.2, 0.25) is 0 Å². The molecule has 0 fully saturated rings. The maximum Gasteiger partial charge on any atom is 0.407 e. The van der Waals surface area contributed by atoms with Crippen molar-refractivity contribution < 1.29 is 66.7 Å². The molecule has 69 heavy (non-hydrogen) atoms. The first kappa shape index (κ1) is 58.7. The molecule has 4 atom stereocenters. The number of unbranched alkanes of at least 4 members (excludes halogenated alkanes) is 6. The molecular formula is C51H76N4O14. The molecule has 0 spiro atoms. The summed E-state index contributed by atoms with van der Waals surface area (Å²) in [6, 6.07) is 15.6. The minimum Gasteiger partial charge on any atom is -0.490 e. The Labute approximate surface area is 407 Å². The topological polar surface area (TPSA) is 224 Å². The Morgan fingerprint density at radius 3 is 0.971 bits per heavy atom. The van der Waals surface area contributed by atoms with Gasteiger partial charge in [-0.2, -0.15) is 0 Å². The van der Waals surface area contributed by atoms with E-state index in [1.54, 1.807) is 41.5 Å². The van der Waals surface area contributed by atoms with E-state index in [0.29, 0.717) is 37.7 Å². The number of amides is 4. The summed E-state index contributed by atoms with van der Waals surface area (Å²) in [6.45, 7) is 23.2. The van der Waals surface area contributed by atoms with E-state index in [1.807, 2.05) is 48.5 Å². The van der Waals surface area contributed by atoms with E-state index in [0.717, 1.165) is 62.5 Å². The van der Waals surface area contributed by atoms with E-state index >= 15 is 0 Å². The number of ether oxygens (including phenoxy) is 8. The second kappa shape index (κ2) is 32.3. The Balaban J connectivity index is 1.56. The van der Waals surface area contributed by atoms with Crippen LogP contribution in [0.2, 0.25) is 0 Å². The van der Waals surface area contributed by atoms with Gasteiger partial charge in [-0.1, -0.05) is 77.0 Å². The molecule has 0 radical (unpaired) electrons. The fraction of sp³-hybridized carbons (Fsp3) is 0.569. The molecule has 0 bridgehead atoms. The van der Waals surface area contributed by atoms with Gasteiger partial charge in [0.1, 0.15) is 62.3 Å². The Morgan fingerprint density at radius 2 is 0.710 bits per heavy atom. The molecule has 0 saturated carbocycles. The molecule has 4 N–H and O–H groups in total. The molecule has 0 heterocycles. The first-order valence-electron chi connectivity index (χ1n) is 23.7. The van der Waals surface area contributed by atoms with E-state index in [2.05, 4.69) is 48.3 Å². The summed E-state index contributed by atoms with van der Waals surface area (Å²) in [5.41, 5.74) is 2.37. The summed E-state index contributed by atoms with van der Waals surface area (Å²) in [5.74, 6) is 0.236. The van der Waals surface area contributed by atoms with Crippen LogP contribution >= 0.6 is 0 Å². The number of carbonyl (C=O) groups excluding carboxylic acids is 6. The van der Waals surface area contributed by atoms with Gasteiger partial charge in [0.15, 0.2) is 0 Å². The van der Waals surface area contributed by atoms with Crippen LogP contribution in [0.5, 0.6) is 11.5 Å². The maximum atomic E-state index is 12.3. The van der Waals surface area contributed by atoms with Crippen molar-refractivity contribution in [3.63, 3.8) is 0 Å². The van der Waals surface area contributed by atoms with Crippen LogP contribution in [0, 0.1) is 0 Å². The molecule has 384 valence electrons. The van der Waals surface area contributed by atoms with Gasteiger partial charge < -0.3 is 59.2 Å². The molecule has 2 aromatic carbocycles. The van der Waals surface area contributed by atoms with Crippen molar-refractivity contribution in [2.75, 3.05) is 52.6 Å². The second-order valence-electron chi connectivity index (χ2n) is 17.5. The van der Waals surface area contributed by atoms with Crippen molar-refractivity contribution in [1.29, 1.82) is 0 Å². The van der Waals surface area contributed by atoms with Crippen LogP contribution in [-0.4, -0.2) is 113 Å². The molecule has 4 unspecified atom stereocenters. The fourth-order valence-corrected chi connectivity index (χ4v) is 6.16. The summed E-state index contributed by atoms with van der Waals surface area (Å²) in [4.78, 5) is 71.3. The number of carbonyl (C=O) groups is 6. The highest BCUT2D eigenvalue weighted by atomic mass is 16.6. The van der Waals surface area contributed by atoms with Crippen LogP contribution in [0.25, 0.3) is 0 Å². The molecule has 0 aliphatic carbocycles. The zero-order valence-corrected chi connectivity index (χ0v) is 41.9. The van der Waals surface area contributed by atoms with Crippen molar-refractivity contribution in [2.24, 2.45) is 0 Å². The lowest BCUT2D eigenvalue weighted by Crippen LogP contribution is -2.31. The molecule has 0 aliphatic rings. The Morgan fingerprint density at radius 1 is 0.449 bits per heavy atom. The van der Waals surface area contributed by atoms with Gasteiger partial charge in [0, 0.05) is 42.7 Å². The number of hydrogen-bond acceptors (Lipinski definition) is 14. The highest BCUT2D eigenvalue weighted by Gasteiger charge is 2.24. The number of hydrogen-bond donors (Lipinski definition) is 4. The number of esters is 2. The van der Waals surface area contributed by atoms with Gasteiger partial charge in [0.25, 0.3) is 0 Å². The predicted octanol–water partition coefficient (Wildman–Crippen LogP) is 8.59. The Hall–Kier alpha value is -6.46. The average Bonchev–Trinajstić information content (AvgIpc) is 3.30. The molecule has 18 nitrogen and oxygen atoms in total. The molecule has 18 heteroatoms. The van der Waals surface area contributed by atoms with Gasteiger partial charge in [-0.25, -0.2) is 28.8 Å². The van der Waals surface area contributed by atoms with E-state index in [1.165, 1.54) is 0 Å². The zero-order chi connectivity index (χ0) is 51.2. The summed E-state index contributed by atoms with van der Waals surface area (Å²) in [6.07, 6.45) is 2.09. The molecular weight excluding hydrogens is 893 g/mol. The van der Waals surface area contributed by atoms with Gasteiger partial charge in [-0.3, -0.25) is 0 Å². The predicted molar refractivity (Wildman–Crippen MR) is 260 cm³/mol. The largest absolute Gasteiger partial charge is 0.490 e. The van der Waals surface area contributed by atoms with Gasteiger partial charge in [-0.05, 0) is 103 Å². The van der Waals surface area contributed by atoms with Crippen LogP contribution in [0.15, 0.2) is 72.8 Å². The maximum absolute atomic E-state index is 12.3. The van der Waals surface area contributed by atoms with Crippen molar-refractivity contribution in [3.8, 4) is 11.5 Å². The number of nitrogens with one attached hydrogen (secondary N) is 4. The third-order valence-corrected chi connectivity index (χ3v) is 10.2. The van der Waals surface area contributed by atoms with Crippen molar-refractivity contribution >= 4 is 36.3 Å². The summed E-state index contributed by atoms with van der Waals surface area (Å²) >= 11 is 0. The van der Waals surface area contributed by atoms with Gasteiger partial charge >= 0.3 is 36.3 Å². The SMILES string of the molecule is C=C(C)C(=O)OCC(C)OC(=O)NCCCCCCNC(=O)OC(C)COc1ccc(C(C)(C)c2ccc(OCC(C)OC(=O)NCCCCCCNC(=O)OC(C)COC(=O)C(=C)C)cc2)cc1. The first-order valence-corrected chi connectivity index (χ1v) is 23.7. The standard InChI is InChI=1S/C51H76N4O14/c1-35(2)45(56)64-33-39(7)68-49(60)54-29-17-13-11-15-27-52-47(58)66-37(5)31-62-43-23-19-41(20-24-43)51(9,10)42-21-25-44(26-22-42)63-32-38(6)67-48(59)53-28-16-12-14-18-30-55-50(61)69-40(8)34-65-46(57)36(3)4/h19-26,37-40H,1,3,11-18,27-34H2,2,4-10H3,(H,52,58)(H,53,59)(H,54,60)(H,55,61). The lowest BCUT2D eigenvalue weighted by molar-refractivity contribution is -0.142. The minimum absolute atomic E-state index is 0.0469.